The second-order valence-electron chi connectivity index (χ2n) is 14.2. The molecule has 0 atom stereocenters. The average Bonchev–Trinajstić information content (AvgIpc) is 3.92. The maximum atomic E-state index is 12.6. The molecule has 7 aromatic rings. The monoisotopic (exact) mass is 927 g/mol. The van der Waals surface area contributed by atoms with Gasteiger partial charge >= 0.3 is 354 Å². The minimum absolute atomic E-state index is 0.0412. The van der Waals surface area contributed by atoms with Crippen molar-refractivity contribution in [3.8, 4) is 16.9 Å². The summed E-state index contributed by atoms with van der Waals surface area (Å²) in [5.74, 6) is 1.45. The van der Waals surface area contributed by atoms with Gasteiger partial charge in [-0.25, -0.2) is 0 Å². The van der Waals surface area contributed by atoms with Crippen LogP contribution in [0.2, 0.25) is 0 Å². The zero-order valence-electron chi connectivity index (χ0n) is 30.8. The van der Waals surface area contributed by atoms with Crippen LogP contribution in [0.3, 0.4) is 0 Å². The van der Waals surface area contributed by atoms with Crippen LogP contribution in [0.5, 0.6) is 5.75 Å². The molecule has 0 unspecified atom stereocenters. The fraction of sp³-hybridized carbons (Fsp3) is 0.0256. The number of ether oxygens (including phenoxy) is 1. The Bertz CT molecular complexity index is 3860. The molecule has 6 bridgehead atoms. The Kier molecular flexibility index (Phi) is 7.91. The van der Waals surface area contributed by atoms with E-state index >= 15 is 0 Å². The minimum atomic E-state index is -4.73. The normalized spacial score (nSPS) is 15.1. The Morgan fingerprint density at radius 1 is 0.459 bits per heavy atom. The molecule has 11 rings (SSSR count). The van der Waals surface area contributed by atoms with E-state index in [4.69, 9.17) is 34.7 Å². The van der Waals surface area contributed by atoms with Crippen molar-refractivity contribution in [1.29, 1.82) is 0 Å². The van der Waals surface area contributed by atoms with Crippen molar-refractivity contribution in [2.75, 3.05) is 7.11 Å². The van der Waals surface area contributed by atoms with Gasteiger partial charge in [0.2, 0.25) is 0 Å². The number of methoxy groups -OCH3 is 1. The summed E-state index contributed by atoms with van der Waals surface area (Å²) in [6, 6.07) is 25.0. The number of aromatic nitrogens is 2. The van der Waals surface area contributed by atoms with Crippen molar-refractivity contribution >= 4 is 105 Å². The molecule has 1 radical (unpaired) electrons. The van der Waals surface area contributed by atoms with Crippen LogP contribution in [-0.2, 0) is 30.4 Å². The Labute approximate surface area is 351 Å². The van der Waals surface area contributed by atoms with Gasteiger partial charge in [-0.2, -0.15) is 0 Å². The van der Waals surface area contributed by atoms with Gasteiger partial charge in [0.15, 0.2) is 0 Å². The molecule has 4 aliphatic rings. The summed E-state index contributed by atoms with van der Waals surface area (Å²) in [4.78, 5) is 28.6. The number of amidine groups is 4. The molecule has 0 spiro atoms. The summed E-state index contributed by atoms with van der Waals surface area (Å²) in [7, 11) is -12.5. The zero-order chi connectivity index (χ0) is 42.3. The molecular weight excluding hydrogens is 906 g/mol. The van der Waals surface area contributed by atoms with E-state index in [1.54, 1.807) is 10.4 Å². The second kappa shape index (κ2) is 12.8. The number of hydrogen-bond acceptors (Lipinski definition) is 13. The molecule has 6 heterocycles. The summed E-state index contributed by atoms with van der Waals surface area (Å²) < 4.78 is 114. The van der Waals surface area contributed by atoms with Gasteiger partial charge in [0.05, 0.1) is 0 Å². The SMILES string of the molecule is COc1ccc(-c2ccc3c4[n]5c(c3c2)=NC2=NC(=Nc3c6ccc(S(=O)(=O)O)cc6c([n]3[Ga]5)N=C3N=C(N=4)c4cc(S(=O)(=O)O)ccc43)c3cc(S(=O)(=O)O)ccc32)cc1. The molecule has 0 saturated carbocycles. The van der Waals surface area contributed by atoms with E-state index in [0.717, 1.165) is 11.1 Å². The summed E-state index contributed by atoms with van der Waals surface area (Å²) >= 11 is -2.28. The Morgan fingerprint density at radius 3 is 1.52 bits per heavy atom. The topological polar surface area (TPSA) is 256 Å². The van der Waals surface area contributed by atoms with E-state index in [1.807, 2.05) is 45.7 Å². The van der Waals surface area contributed by atoms with Gasteiger partial charge in [0.1, 0.15) is 0 Å². The van der Waals surface area contributed by atoms with Crippen LogP contribution in [0.25, 0.3) is 32.7 Å². The number of benzene rings is 5. The van der Waals surface area contributed by atoms with Crippen molar-refractivity contribution in [2.45, 2.75) is 14.7 Å². The van der Waals surface area contributed by atoms with Crippen molar-refractivity contribution in [3.63, 3.8) is 0 Å². The van der Waals surface area contributed by atoms with Crippen molar-refractivity contribution < 1.29 is 43.6 Å². The van der Waals surface area contributed by atoms with Crippen LogP contribution in [0, 0.1) is 0 Å². The molecule has 299 valence electrons. The first-order valence-electron chi connectivity index (χ1n) is 17.9. The van der Waals surface area contributed by atoms with E-state index in [9.17, 15) is 38.9 Å². The van der Waals surface area contributed by atoms with Gasteiger partial charge in [-0.15, -0.1) is 0 Å². The van der Waals surface area contributed by atoms with Crippen LogP contribution < -0.4 is 15.7 Å². The van der Waals surface area contributed by atoms with Crippen LogP contribution in [0.15, 0.2) is 142 Å². The quantitative estimate of drug-likeness (QED) is 0.166. The number of rotatable bonds is 5. The molecule has 0 amide bonds. The Balaban J connectivity index is 1.33. The summed E-state index contributed by atoms with van der Waals surface area (Å²) in [5, 5.41) is 1.85. The predicted octanol–water partition coefficient (Wildman–Crippen LogP) is 3.89. The molecule has 5 aromatic carbocycles. The average molecular weight is 929 g/mol. The van der Waals surface area contributed by atoms with Gasteiger partial charge in [0.25, 0.3) is 0 Å². The fourth-order valence-electron chi connectivity index (χ4n) is 7.77. The third-order valence-electron chi connectivity index (χ3n) is 10.7. The van der Waals surface area contributed by atoms with Gasteiger partial charge < -0.3 is 0 Å². The van der Waals surface area contributed by atoms with Crippen LogP contribution in [-0.4, -0.2) is 93.8 Å². The van der Waals surface area contributed by atoms with E-state index in [2.05, 4.69) is 0 Å². The molecule has 61 heavy (non-hydrogen) atoms. The molecular formula is C39H22GaN8O10S3. The molecule has 0 aliphatic carbocycles. The van der Waals surface area contributed by atoms with E-state index in [1.165, 1.54) is 54.6 Å². The van der Waals surface area contributed by atoms with E-state index in [-0.39, 0.29) is 51.5 Å². The molecule has 2 aromatic heterocycles. The van der Waals surface area contributed by atoms with Crippen LogP contribution >= 0.6 is 0 Å². The van der Waals surface area contributed by atoms with Crippen molar-refractivity contribution in [1.82, 2.24) is 6.55 Å². The van der Waals surface area contributed by atoms with Gasteiger partial charge in [-0.3, -0.25) is 0 Å². The fourth-order valence-corrected chi connectivity index (χ4v) is 12.3. The summed E-state index contributed by atoms with van der Waals surface area (Å²) in [6.45, 7) is 0. The van der Waals surface area contributed by atoms with Gasteiger partial charge in [0, 0.05) is 0 Å². The first-order chi connectivity index (χ1) is 29.0. The molecule has 4 aliphatic heterocycles. The van der Waals surface area contributed by atoms with E-state index in [0.29, 0.717) is 44.0 Å². The Hall–Kier alpha value is -6.37. The summed E-state index contributed by atoms with van der Waals surface area (Å²) in [5.41, 5.74) is 3.66. The molecule has 3 N–H and O–H groups in total. The first kappa shape index (κ1) is 37.6. The molecule has 18 nitrogen and oxygen atoms in total. The maximum absolute atomic E-state index is 12.6. The van der Waals surface area contributed by atoms with Crippen molar-refractivity contribution in [2.24, 2.45) is 30.0 Å². The molecule has 0 saturated heterocycles. The Morgan fingerprint density at radius 2 is 0.934 bits per heavy atom. The molecule has 0 fully saturated rings. The summed E-state index contributed by atoms with van der Waals surface area (Å²) in [6.07, 6.45) is 0. The predicted molar refractivity (Wildman–Crippen MR) is 223 cm³/mol. The molecule has 22 heteroatoms. The van der Waals surface area contributed by atoms with Crippen LogP contribution in [0.4, 0.5) is 11.6 Å². The first-order valence-corrected chi connectivity index (χ1v) is 24.4. The number of fused-ring (bicyclic) bond motifs is 14. The van der Waals surface area contributed by atoms with E-state index < -0.39 is 62.9 Å². The van der Waals surface area contributed by atoms with Gasteiger partial charge in [-0.05, 0) is 0 Å². The van der Waals surface area contributed by atoms with Crippen LogP contribution in [0.1, 0.15) is 22.3 Å². The third-order valence-corrected chi connectivity index (χ3v) is 16.2. The van der Waals surface area contributed by atoms with Crippen molar-refractivity contribution in [3.05, 3.63) is 130 Å². The standard InChI is InChI=1S/C39H22N8O10S3.Ga/c1-57-20-5-2-18(3-6-20)19-4-10-24-28(14-19)36-40-32(24)42-37-30-16-22(59(51,52)53)8-12-26(30)34(44-37)46-39-31-17-23(60(54,55)56)9-13-27(31)35(47-39)45-38-29-15-21(58(48,49)50)7-11-25(29)33(41-36)43-38;/h2-17H,1H3,(H3-2,40,41,42,43,44,45,46,47,48,49,50,51,52,53,54,55,56);/q-2;+2. The second-order valence-corrected chi connectivity index (χ2v) is 21.1. The zero-order valence-corrected chi connectivity index (χ0v) is 35.7. The third kappa shape index (κ3) is 5.90. The van der Waals surface area contributed by atoms with Gasteiger partial charge in [-0.1, -0.05) is 0 Å². The number of hydrogen-bond donors (Lipinski definition) is 3. The number of nitrogens with zero attached hydrogens (tertiary/aromatic N) is 8. The number of aliphatic imine (C=N–C) groups is 4.